The average molecular weight is 311 g/mol. The molecule has 2 aromatic carbocycles. The molecule has 0 saturated heterocycles. The molecule has 1 N–H and O–H groups in total. The standard InChI is InChI=1S/C17H13NO3S/c1-20-9-6-7-13-11(8-9)14-10-4-3-5-12(21-2)15(10)18-17(19)16(14)22-13/h3-8H,1-2H3,(H,18,19). The molecule has 0 unspecified atom stereocenters. The number of thiophene rings is 1. The highest BCUT2D eigenvalue weighted by Gasteiger charge is 2.14. The number of fused-ring (bicyclic) bond motifs is 5. The lowest BCUT2D eigenvalue weighted by atomic mass is 10.1. The van der Waals surface area contributed by atoms with Crippen LogP contribution in [0.15, 0.2) is 41.2 Å². The number of nitrogens with one attached hydrogen (secondary N) is 1. The minimum atomic E-state index is -0.0906. The number of hydrogen-bond acceptors (Lipinski definition) is 4. The molecule has 4 nitrogen and oxygen atoms in total. The molecular formula is C17H13NO3S. The van der Waals surface area contributed by atoms with E-state index in [-0.39, 0.29) is 5.56 Å². The highest BCUT2D eigenvalue weighted by Crippen LogP contribution is 2.39. The molecule has 0 aliphatic rings. The number of pyridine rings is 1. The van der Waals surface area contributed by atoms with Crippen LogP contribution in [0.4, 0.5) is 0 Å². The summed E-state index contributed by atoms with van der Waals surface area (Å²) in [5.41, 5.74) is 0.636. The lowest BCUT2D eigenvalue weighted by molar-refractivity contribution is 0.415. The van der Waals surface area contributed by atoms with Crippen LogP contribution >= 0.6 is 11.3 Å². The van der Waals surface area contributed by atoms with Crippen LogP contribution in [0.3, 0.4) is 0 Å². The normalized spacial score (nSPS) is 11.4. The molecule has 0 atom stereocenters. The van der Waals surface area contributed by atoms with Crippen molar-refractivity contribution in [2.75, 3.05) is 14.2 Å². The summed E-state index contributed by atoms with van der Waals surface area (Å²) in [7, 11) is 3.25. The summed E-state index contributed by atoms with van der Waals surface area (Å²) in [5.74, 6) is 1.45. The van der Waals surface area contributed by atoms with Gasteiger partial charge in [-0.15, -0.1) is 11.3 Å². The number of methoxy groups -OCH3 is 2. The Morgan fingerprint density at radius 2 is 1.91 bits per heavy atom. The molecule has 4 aromatic rings. The molecule has 22 heavy (non-hydrogen) atoms. The quantitative estimate of drug-likeness (QED) is 0.610. The maximum atomic E-state index is 12.5. The van der Waals surface area contributed by atoms with Gasteiger partial charge in [0.15, 0.2) is 0 Å². The Hall–Kier alpha value is -2.53. The van der Waals surface area contributed by atoms with E-state index in [2.05, 4.69) is 4.98 Å². The maximum absolute atomic E-state index is 12.5. The Labute approximate surface area is 129 Å². The monoisotopic (exact) mass is 311 g/mol. The first kappa shape index (κ1) is 13.2. The van der Waals surface area contributed by atoms with E-state index < -0.39 is 0 Å². The number of hydrogen-bond donors (Lipinski definition) is 1. The summed E-state index contributed by atoms with van der Waals surface area (Å²) in [4.78, 5) is 15.4. The Morgan fingerprint density at radius 1 is 1.05 bits per heavy atom. The van der Waals surface area contributed by atoms with Crippen LogP contribution in [0.5, 0.6) is 11.5 Å². The molecule has 0 radical (unpaired) electrons. The summed E-state index contributed by atoms with van der Waals surface area (Å²) < 4.78 is 12.5. The van der Waals surface area contributed by atoms with Crippen molar-refractivity contribution in [1.29, 1.82) is 0 Å². The van der Waals surface area contributed by atoms with Crippen molar-refractivity contribution in [2.24, 2.45) is 0 Å². The first-order valence-corrected chi connectivity index (χ1v) is 7.64. The second-order valence-electron chi connectivity index (χ2n) is 5.01. The van der Waals surface area contributed by atoms with Gasteiger partial charge in [-0.1, -0.05) is 12.1 Å². The lowest BCUT2D eigenvalue weighted by Gasteiger charge is -2.06. The van der Waals surface area contributed by atoms with Gasteiger partial charge in [-0.25, -0.2) is 0 Å². The van der Waals surface area contributed by atoms with Crippen molar-refractivity contribution in [1.82, 2.24) is 4.98 Å². The Kier molecular flexibility index (Phi) is 2.84. The van der Waals surface area contributed by atoms with Crippen LogP contribution < -0.4 is 15.0 Å². The van der Waals surface area contributed by atoms with Gasteiger partial charge in [-0.3, -0.25) is 4.79 Å². The SMILES string of the molecule is COc1ccc2sc3c(=O)[nH]c4c(OC)cccc4c3c2c1. The maximum Gasteiger partial charge on any atom is 0.266 e. The molecule has 2 heterocycles. The first-order valence-electron chi connectivity index (χ1n) is 6.82. The number of para-hydroxylation sites is 1. The van der Waals surface area contributed by atoms with Gasteiger partial charge in [0, 0.05) is 20.9 Å². The van der Waals surface area contributed by atoms with E-state index >= 15 is 0 Å². The van der Waals surface area contributed by atoms with Crippen LogP contribution in [0, 0.1) is 0 Å². The van der Waals surface area contributed by atoms with E-state index in [1.807, 2.05) is 36.4 Å². The van der Waals surface area contributed by atoms with Crippen molar-refractivity contribution < 1.29 is 9.47 Å². The van der Waals surface area contributed by atoms with E-state index in [0.29, 0.717) is 5.75 Å². The molecule has 0 spiro atoms. The highest BCUT2D eigenvalue weighted by atomic mass is 32.1. The number of benzene rings is 2. The third kappa shape index (κ3) is 1.72. The van der Waals surface area contributed by atoms with Crippen LogP contribution in [0.2, 0.25) is 0 Å². The summed E-state index contributed by atoms with van der Waals surface area (Å²) in [5, 5.41) is 2.97. The van der Waals surface area contributed by atoms with Gasteiger partial charge in [-0.2, -0.15) is 0 Å². The van der Waals surface area contributed by atoms with Gasteiger partial charge in [0.05, 0.1) is 19.7 Å². The topological polar surface area (TPSA) is 51.3 Å². The number of rotatable bonds is 2. The Bertz CT molecular complexity index is 1080. The highest BCUT2D eigenvalue weighted by molar-refractivity contribution is 7.26. The zero-order valence-corrected chi connectivity index (χ0v) is 12.9. The van der Waals surface area contributed by atoms with E-state index in [1.165, 1.54) is 11.3 Å². The Balaban J connectivity index is 2.30. The van der Waals surface area contributed by atoms with E-state index in [4.69, 9.17) is 9.47 Å². The van der Waals surface area contributed by atoms with E-state index in [1.54, 1.807) is 14.2 Å². The molecule has 0 bridgehead atoms. The van der Waals surface area contributed by atoms with E-state index in [0.717, 1.165) is 36.8 Å². The number of aromatic amines is 1. The Morgan fingerprint density at radius 3 is 2.68 bits per heavy atom. The molecule has 4 rings (SSSR count). The summed E-state index contributed by atoms with van der Waals surface area (Å²) in [6.07, 6.45) is 0. The van der Waals surface area contributed by atoms with Gasteiger partial charge >= 0.3 is 0 Å². The van der Waals surface area contributed by atoms with Crippen molar-refractivity contribution in [3.8, 4) is 11.5 Å². The fraction of sp³-hybridized carbons (Fsp3) is 0.118. The third-order valence-corrected chi connectivity index (χ3v) is 5.02. The number of H-pyrrole nitrogens is 1. The van der Waals surface area contributed by atoms with Gasteiger partial charge in [0.2, 0.25) is 0 Å². The molecule has 0 fully saturated rings. The summed E-state index contributed by atoms with van der Waals surface area (Å²) >= 11 is 1.50. The van der Waals surface area contributed by atoms with Crippen LogP contribution in [-0.2, 0) is 0 Å². The molecule has 110 valence electrons. The molecular weight excluding hydrogens is 298 g/mol. The fourth-order valence-corrected chi connectivity index (χ4v) is 3.93. The predicted octanol–water partition coefficient (Wildman–Crippen LogP) is 3.91. The molecule has 0 saturated carbocycles. The van der Waals surface area contributed by atoms with Gasteiger partial charge < -0.3 is 14.5 Å². The van der Waals surface area contributed by atoms with Crippen molar-refractivity contribution in [3.63, 3.8) is 0 Å². The van der Waals surface area contributed by atoms with Crippen molar-refractivity contribution in [2.45, 2.75) is 0 Å². The second-order valence-corrected chi connectivity index (χ2v) is 6.06. The van der Waals surface area contributed by atoms with Gasteiger partial charge in [-0.05, 0) is 24.3 Å². The largest absolute Gasteiger partial charge is 0.497 e. The third-order valence-electron chi connectivity index (χ3n) is 3.86. The predicted molar refractivity (Wildman–Crippen MR) is 90.6 cm³/mol. The zero-order valence-electron chi connectivity index (χ0n) is 12.1. The minimum absolute atomic E-state index is 0.0906. The molecule has 5 heteroatoms. The lowest BCUT2D eigenvalue weighted by Crippen LogP contribution is -2.05. The van der Waals surface area contributed by atoms with Gasteiger partial charge in [0.25, 0.3) is 5.56 Å². The summed E-state index contributed by atoms with van der Waals surface area (Å²) in [6.45, 7) is 0. The average Bonchev–Trinajstić information content (AvgIpc) is 2.94. The number of ether oxygens (including phenoxy) is 2. The molecule has 0 aliphatic carbocycles. The smallest absolute Gasteiger partial charge is 0.266 e. The van der Waals surface area contributed by atoms with Crippen molar-refractivity contribution >= 4 is 42.4 Å². The molecule has 0 amide bonds. The van der Waals surface area contributed by atoms with Crippen LogP contribution in [0.1, 0.15) is 0 Å². The summed E-state index contributed by atoms with van der Waals surface area (Å²) in [6, 6.07) is 11.7. The van der Waals surface area contributed by atoms with Gasteiger partial charge in [0.1, 0.15) is 16.2 Å². The van der Waals surface area contributed by atoms with Crippen LogP contribution in [0.25, 0.3) is 31.1 Å². The zero-order chi connectivity index (χ0) is 15.3. The number of aromatic nitrogens is 1. The van der Waals surface area contributed by atoms with Crippen molar-refractivity contribution in [3.05, 3.63) is 46.8 Å². The molecule has 2 aromatic heterocycles. The second kappa shape index (κ2) is 4.74. The minimum Gasteiger partial charge on any atom is -0.497 e. The van der Waals surface area contributed by atoms with Crippen LogP contribution in [-0.4, -0.2) is 19.2 Å². The van der Waals surface area contributed by atoms with E-state index in [9.17, 15) is 4.79 Å². The fourth-order valence-electron chi connectivity index (χ4n) is 2.84. The first-order chi connectivity index (χ1) is 10.7. The molecule has 0 aliphatic heterocycles.